The lowest BCUT2D eigenvalue weighted by atomic mass is 9.91. The maximum Gasteiger partial charge on any atom is 0.245 e. The summed E-state index contributed by atoms with van der Waals surface area (Å²) >= 11 is 0. The van der Waals surface area contributed by atoms with E-state index in [1.165, 1.54) is 26.2 Å². The van der Waals surface area contributed by atoms with E-state index in [0.717, 1.165) is 51.4 Å². The summed E-state index contributed by atoms with van der Waals surface area (Å²) in [6.07, 6.45) is 11.8. The molecular formula is C21H35N3O3. The molecule has 3 rings (SSSR count). The highest BCUT2D eigenvalue weighted by molar-refractivity contribution is 5.88. The Hall–Kier alpha value is -1.59. The zero-order valence-corrected chi connectivity index (χ0v) is 16.7. The van der Waals surface area contributed by atoms with Crippen LogP contribution in [0.1, 0.15) is 77.6 Å². The Morgan fingerprint density at radius 1 is 0.889 bits per heavy atom. The van der Waals surface area contributed by atoms with Gasteiger partial charge in [-0.2, -0.15) is 0 Å². The molecule has 152 valence electrons. The summed E-state index contributed by atoms with van der Waals surface area (Å²) in [5.41, 5.74) is 0. The van der Waals surface area contributed by atoms with Crippen LogP contribution in [0.15, 0.2) is 0 Å². The Morgan fingerprint density at radius 2 is 1.56 bits per heavy atom. The van der Waals surface area contributed by atoms with Gasteiger partial charge in [0.2, 0.25) is 17.7 Å². The fourth-order valence-corrected chi connectivity index (χ4v) is 5.04. The molecule has 0 aromatic heterocycles. The third kappa shape index (κ3) is 5.45. The number of amides is 3. The first-order chi connectivity index (χ1) is 13.0. The molecule has 1 heterocycles. The lowest BCUT2D eigenvalue weighted by Crippen LogP contribution is -2.55. The first-order valence-electron chi connectivity index (χ1n) is 10.9. The molecule has 2 atom stereocenters. The first-order valence-corrected chi connectivity index (χ1v) is 10.9. The molecule has 0 unspecified atom stereocenters. The molecule has 0 aromatic carbocycles. The van der Waals surface area contributed by atoms with E-state index in [0.29, 0.717) is 19.1 Å². The fourth-order valence-electron chi connectivity index (χ4n) is 5.04. The summed E-state index contributed by atoms with van der Waals surface area (Å²) < 4.78 is 0. The second-order valence-electron chi connectivity index (χ2n) is 8.69. The standard InChI is InChI=1S/C21H35N3O3/c1-15(25)22-19(16-8-5-6-9-16)21(27)24-13-7-10-17(14-24)20(26)23-18-11-3-2-4-12-18/h16-19H,2-14H2,1H3,(H,22,25)(H,23,26)/t17-,19+/m1/s1. The van der Waals surface area contributed by atoms with E-state index in [-0.39, 0.29) is 29.6 Å². The average Bonchev–Trinajstić information content (AvgIpc) is 3.21. The summed E-state index contributed by atoms with van der Waals surface area (Å²) in [6.45, 7) is 2.65. The Bertz CT molecular complexity index is 539. The first kappa shape index (κ1) is 20.2. The van der Waals surface area contributed by atoms with Gasteiger partial charge in [-0.1, -0.05) is 32.1 Å². The largest absolute Gasteiger partial charge is 0.353 e. The summed E-state index contributed by atoms with van der Waals surface area (Å²) in [5.74, 6) is 0.0801. The lowest BCUT2D eigenvalue weighted by molar-refractivity contribution is -0.141. The van der Waals surface area contributed by atoms with Crippen molar-refractivity contribution < 1.29 is 14.4 Å². The minimum atomic E-state index is -0.426. The van der Waals surface area contributed by atoms with Crippen molar-refractivity contribution in [2.45, 2.75) is 89.6 Å². The predicted molar refractivity (Wildman–Crippen MR) is 104 cm³/mol. The molecule has 1 saturated heterocycles. The van der Waals surface area contributed by atoms with Crippen molar-refractivity contribution in [2.24, 2.45) is 11.8 Å². The van der Waals surface area contributed by atoms with Crippen molar-refractivity contribution in [1.29, 1.82) is 0 Å². The number of nitrogens with zero attached hydrogens (tertiary/aromatic N) is 1. The number of rotatable bonds is 5. The minimum absolute atomic E-state index is 0.00673. The van der Waals surface area contributed by atoms with Crippen LogP contribution in [0.3, 0.4) is 0 Å². The highest BCUT2D eigenvalue weighted by Crippen LogP contribution is 2.30. The third-order valence-electron chi connectivity index (χ3n) is 6.55. The molecule has 0 bridgehead atoms. The highest BCUT2D eigenvalue weighted by atomic mass is 16.2. The molecule has 2 N–H and O–H groups in total. The van der Waals surface area contributed by atoms with Crippen LogP contribution in [-0.2, 0) is 14.4 Å². The summed E-state index contributed by atoms with van der Waals surface area (Å²) in [6, 6.07) is -0.117. The van der Waals surface area contributed by atoms with Gasteiger partial charge in [-0.3, -0.25) is 14.4 Å². The highest BCUT2D eigenvalue weighted by Gasteiger charge is 2.37. The zero-order chi connectivity index (χ0) is 19.2. The number of hydrogen-bond acceptors (Lipinski definition) is 3. The molecule has 3 aliphatic rings. The molecule has 1 aliphatic heterocycles. The van der Waals surface area contributed by atoms with Crippen LogP contribution in [0.5, 0.6) is 0 Å². The monoisotopic (exact) mass is 377 g/mol. The van der Waals surface area contributed by atoms with Crippen LogP contribution in [-0.4, -0.2) is 47.8 Å². The van der Waals surface area contributed by atoms with E-state index in [2.05, 4.69) is 10.6 Å². The molecule has 2 aliphatic carbocycles. The fraction of sp³-hybridized carbons (Fsp3) is 0.857. The number of nitrogens with one attached hydrogen (secondary N) is 2. The number of likely N-dealkylation sites (tertiary alicyclic amines) is 1. The van der Waals surface area contributed by atoms with E-state index in [4.69, 9.17) is 0 Å². The van der Waals surface area contributed by atoms with Gasteiger partial charge < -0.3 is 15.5 Å². The Morgan fingerprint density at radius 3 is 2.22 bits per heavy atom. The van der Waals surface area contributed by atoms with E-state index in [1.807, 2.05) is 4.90 Å². The van der Waals surface area contributed by atoms with Crippen molar-refractivity contribution in [2.75, 3.05) is 13.1 Å². The summed E-state index contributed by atoms with van der Waals surface area (Å²) in [5, 5.41) is 6.12. The molecule has 27 heavy (non-hydrogen) atoms. The average molecular weight is 378 g/mol. The number of piperidine rings is 1. The van der Waals surface area contributed by atoms with Crippen LogP contribution in [0, 0.1) is 11.8 Å². The van der Waals surface area contributed by atoms with Crippen LogP contribution in [0.4, 0.5) is 0 Å². The number of carbonyl (C=O) groups is 3. The van der Waals surface area contributed by atoms with E-state index in [9.17, 15) is 14.4 Å². The van der Waals surface area contributed by atoms with E-state index < -0.39 is 6.04 Å². The Balaban J connectivity index is 1.58. The number of carbonyl (C=O) groups excluding carboxylic acids is 3. The van der Waals surface area contributed by atoms with Gasteiger partial charge in [-0.15, -0.1) is 0 Å². The SMILES string of the molecule is CC(=O)N[C@H](C(=O)N1CCC[C@@H](C(=O)NC2CCCCC2)C1)C1CCCC1. The quantitative estimate of drug-likeness (QED) is 0.772. The van der Waals surface area contributed by atoms with Gasteiger partial charge in [0.15, 0.2) is 0 Å². The van der Waals surface area contributed by atoms with Gasteiger partial charge in [0.1, 0.15) is 6.04 Å². The Kier molecular flexibility index (Phi) is 7.13. The van der Waals surface area contributed by atoms with Crippen molar-refractivity contribution in [3.05, 3.63) is 0 Å². The second kappa shape index (κ2) is 9.56. The topological polar surface area (TPSA) is 78.5 Å². The Labute approximate surface area is 162 Å². The second-order valence-corrected chi connectivity index (χ2v) is 8.69. The van der Waals surface area contributed by atoms with Crippen LogP contribution in [0.25, 0.3) is 0 Å². The van der Waals surface area contributed by atoms with Crippen molar-refractivity contribution in [3.8, 4) is 0 Å². The van der Waals surface area contributed by atoms with Crippen molar-refractivity contribution in [1.82, 2.24) is 15.5 Å². The summed E-state index contributed by atoms with van der Waals surface area (Å²) in [7, 11) is 0. The molecule has 6 heteroatoms. The lowest BCUT2D eigenvalue weighted by Gasteiger charge is -2.36. The molecule has 3 amide bonds. The van der Waals surface area contributed by atoms with Crippen LogP contribution in [0.2, 0.25) is 0 Å². The zero-order valence-electron chi connectivity index (χ0n) is 16.7. The van der Waals surface area contributed by atoms with Gasteiger partial charge in [-0.05, 0) is 44.4 Å². The summed E-state index contributed by atoms with van der Waals surface area (Å²) in [4.78, 5) is 39.4. The maximum absolute atomic E-state index is 13.2. The van der Waals surface area contributed by atoms with Crippen molar-refractivity contribution >= 4 is 17.7 Å². The van der Waals surface area contributed by atoms with Gasteiger partial charge in [0.05, 0.1) is 5.92 Å². The van der Waals surface area contributed by atoms with Crippen molar-refractivity contribution in [3.63, 3.8) is 0 Å². The van der Waals surface area contributed by atoms with Crippen LogP contribution < -0.4 is 10.6 Å². The third-order valence-corrected chi connectivity index (χ3v) is 6.55. The molecule has 3 fully saturated rings. The van der Waals surface area contributed by atoms with Crippen LogP contribution >= 0.6 is 0 Å². The molecule has 0 radical (unpaired) electrons. The van der Waals surface area contributed by atoms with E-state index >= 15 is 0 Å². The minimum Gasteiger partial charge on any atom is -0.353 e. The predicted octanol–water partition coefficient (Wildman–Crippen LogP) is 2.37. The maximum atomic E-state index is 13.2. The van der Waals surface area contributed by atoms with Gasteiger partial charge in [0.25, 0.3) is 0 Å². The smallest absolute Gasteiger partial charge is 0.245 e. The van der Waals surface area contributed by atoms with Gasteiger partial charge in [0, 0.05) is 26.1 Å². The molecule has 2 saturated carbocycles. The molecule has 0 aromatic rings. The van der Waals surface area contributed by atoms with Gasteiger partial charge in [-0.25, -0.2) is 0 Å². The molecular weight excluding hydrogens is 342 g/mol. The van der Waals surface area contributed by atoms with E-state index in [1.54, 1.807) is 0 Å². The molecule has 6 nitrogen and oxygen atoms in total. The number of hydrogen-bond donors (Lipinski definition) is 2. The normalized spacial score (nSPS) is 25.8. The van der Waals surface area contributed by atoms with Gasteiger partial charge >= 0.3 is 0 Å². The molecule has 0 spiro atoms.